The minimum Gasteiger partial charge on any atom is -0.338 e. The molecule has 104 valence electrons. The first-order valence-electron chi connectivity index (χ1n) is 6.50. The zero-order valence-electron chi connectivity index (χ0n) is 11.5. The lowest BCUT2D eigenvalue weighted by atomic mass is 10.2. The number of hydrogen-bond donors (Lipinski definition) is 3. The van der Waals surface area contributed by atoms with Gasteiger partial charge in [-0.05, 0) is 12.8 Å². The van der Waals surface area contributed by atoms with E-state index in [1.54, 1.807) is 0 Å². The second-order valence-electron chi connectivity index (χ2n) is 5.24. The van der Waals surface area contributed by atoms with Gasteiger partial charge in [0.1, 0.15) is 0 Å². The normalized spacial score (nSPS) is 20.8. The van der Waals surface area contributed by atoms with Crippen LogP contribution in [0.25, 0.3) is 0 Å². The largest absolute Gasteiger partial charge is 0.338 e. The third kappa shape index (κ3) is 5.97. The molecule has 1 aliphatic heterocycles. The van der Waals surface area contributed by atoms with Crippen LogP contribution in [0.1, 0.15) is 20.8 Å². The molecule has 1 unspecified atom stereocenters. The molecule has 1 saturated heterocycles. The van der Waals surface area contributed by atoms with Crippen molar-refractivity contribution in [2.24, 2.45) is 5.92 Å². The van der Waals surface area contributed by atoms with E-state index in [0.29, 0.717) is 18.5 Å². The highest BCUT2D eigenvalue weighted by Crippen LogP contribution is 1.97. The second-order valence-corrected chi connectivity index (χ2v) is 5.24. The predicted octanol–water partition coefficient (Wildman–Crippen LogP) is -0.238. The molecule has 1 fully saturated rings. The zero-order valence-corrected chi connectivity index (χ0v) is 11.5. The van der Waals surface area contributed by atoms with Crippen LogP contribution in [-0.4, -0.2) is 55.6 Å². The van der Waals surface area contributed by atoms with Gasteiger partial charge in [-0.15, -0.1) is 0 Å². The predicted molar refractivity (Wildman–Crippen MR) is 70.3 cm³/mol. The summed E-state index contributed by atoms with van der Waals surface area (Å²) in [5.74, 6) is 0.130. The molecule has 0 bridgehead atoms. The van der Waals surface area contributed by atoms with E-state index in [4.69, 9.17) is 0 Å². The molecule has 0 aromatic carbocycles. The van der Waals surface area contributed by atoms with Gasteiger partial charge in [-0.3, -0.25) is 15.0 Å². The highest BCUT2D eigenvalue weighted by atomic mass is 16.2. The molecular weight excluding hydrogens is 232 g/mol. The van der Waals surface area contributed by atoms with Crippen LogP contribution in [0.2, 0.25) is 0 Å². The molecule has 0 aromatic heterocycles. The van der Waals surface area contributed by atoms with Gasteiger partial charge in [0.2, 0.25) is 5.91 Å². The molecule has 1 rings (SSSR count). The Hall–Kier alpha value is -1.14. The van der Waals surface area contributed by atoms with E-state index in [1.165, 1.54) is 0 Å². The fourth-order valence-corrected chi connectivity index (χ4v) is 1.87. The number of rotatable bonds is 4. The lowest BCUT2D eigenvalue weighted by Crippen LogP contribution is -2.53. The van der Waals surface area contributed by atoms with Crippen molar-refractivity contribution in [3.05, 3.63) is 0 Å². The molecule has 6 heteroatoms. The van der Waals surface area contributed by atoms with E-state index in [2.05, 4.69) is 22.9 Å². The molecule has 1 aliphatic rings. The molecule has 1 heterocycles. The van der Waals surface area contributed by atoms with Crippen LogP contribution in [0, 0.1) is 5.92 Å². The highest BCUT2D eigenvalue weighted by molar-refractivity contribution is 5.95. The SMILES string of the molecule is CC(C)CNC(=O)NC(=O)CN1CCNC(C)C1. The van der Waals surface area contributed by atoms with Gasteiger partial charge in [0.15, 0.2) is 0 Å². The van der Waals surface area contributed by atoms with E-state index in [-0.39, 0.29) is 12.5 Å². The summed E-state index contributed by atoms with van der Waals surface area (Å²) >= 11 is 0. The molecule has 3 amide bonds. The Kier molecular flexibility index (Phi) is 6.07. The summed E-state index contributed by atoms with van der Waals surface area (Å²) in [7, 11) is 0. The van der Waals surface area contributed by atoms with Gasteiger partial charge in [-0.1, -0.05) is 13.8 Å². The Bertz CT molecular complexity index is 294. The van der Waals surface area contributed by atoms with Crippen molar-refractivity contribution in [3.63, 3.8) is 0 Å². The Morgan fingerprint density at radius 1 is 1.44 bits per heavy atom. The van der Waals surface area contributed by atoms with Crippen molar-refractivity contribution in [1.82, 2.24) is 20.9 Å². The van der Waals surface area contributed by atoms with E-state index in [9.17, 15) is 9.59 Å². The van der Waals surface area contributed by atoms with Crippen LogP contribution < -0.4 is 16.0 Å². The van der Waals surface area contributed by atoms with Gasteiger partial charge in [-0.2, -0.15) is 0 Å². The van der Waals surface area contributed by atoms with Crippen LogP contribution >= 0.6 is 0 Å². The second kappa shape index (κ2) is 7.33. The first kappa shape index (κ1) is 14.9. The van der Waals surface area contributed by atoms with Crippen molar-refractivity contribution in [2.45, 2.75) is 26.8 Å². The standard InChI is InChI=1S/C12H24N4O2/c1-9(2)6-14-12(18)15-11(17)8-16-5-4-13-10(3)7-16/h9-10,13H,4-8H2,1-3H3,(H2,14,15,17,18). The number of nitrogens with one attached hydrogen (secondary N) is 3. The van der Waals surface area contributed by atoms with Crippen LogP contribution in [-0.2, 0) is 4.79 Å². The molecule has 0 aromatic rings. The number of carbonyl (C=O) groups is 2. The average Bonchev–Trinajstić information content (AvgIpc) is 2.26. The molecule has 0 saturated carbocycles. The molecule has 0 radical (unpaired) electrons. The number of imide groups is 1. The summed E-state index contributed by atoms with van der Waals surface area (Å²) in [6, 6.07) is -0.0156. The topological polar surface area (TPSA) is 73.5 Å². The van der Waals surface area contributed by atoms with Gasteiger partial charge < -0.3 is 10.6 Å². The fourth-order valence-electron chi connectivity index (χ4n) is 1.87. The first-order valence-corrected chi connectivity index (χ1v) is 6.50. The Labute approximate surface area is 108 Å². The number of nitrogens with zero attached hydrogens (tertiary/aromatic N) is 1. The molecule has 0 aliphatic carbocycles. The Morgan fingerprint density at radius 3 is 2.78 bits per heavy atom. The molecule has 0 spiro atoms. The minimum absolute atomic E-state index is 0.245. The summed E-state index contributed by atoms with van der Waals surface area (Å²) in [5.41, 5.74) is 0. The average molecular weight is 256 g/mol. The van der Waals surface area contributed by atoms with Crippen molar-refractivity contribution in [1.29, 1.82) is 0 Å². The van der Waals surface area contributed by atoms with Crippen LogP contribution in [0.4, 0.5) is 4.79 Å². The molecule has 18 heavy (non-hydrogen) atoms. The number of carbonyl (C=O) groups excluding carboxylic acids is 2. The first-order chi connectivity index (χ1) is 8.47. The smallest absolute Gasteiger partial charge is 0.321 e. The monoisotopic (exact) mass is 256 g/mol. The molecule has 1 atom stereocenters. The lowest BCUT2D eigenvalue weighted by molar-refractivity contribution is -0.121. The maximum absolute atomic E-state index is 11.6. The highest BCUT2D eigenvalue weighted by Gasteiger charge is 2.18. The minimum atomic E-state index is -0.406. The van der Waals surface area contributed by atoms with E-state index < -0.39 is 6.03 Å². The molecule has 6 nitrogen and oxygen atoms in total. The van der Waals surface area contributed by atoms with E-state index >= 15 is 0 Å². The summed E-state index contributed by atoms with van der Waals surface area (Å²) in [5, 5.41) is 8.31. The third-order valence-corrected chi connectivity index (χ3v) is 2.74. The van der Waals surface area contributed by atoms with Gasteiger partial charge >= 0.3 is 6.03 Å². The summed E-state index contributed by atoms with van der Waals surface area (Å²) in [6.07, 6.45) is 0. The molecular formula is C12H24N4O2. The zero-order chi connectivity index (χ0) is 13.5. The van der Waals surface area contributed by atoms with Crippen molar-refractivity contribution >= 4 is 11.9 Å². The quantitative estimate of drug-likeness (QED) is 0.649. The van der Waals surface area contributed by atoms with Crippen LogP contribution in [0.3, 0.4) is 0 Å². The number of urea groups is 1. The Morgan fingerprint density at radius 2 is 2.17 bits per heavy atom. The number of amides is 3. The van der Waals surface area contributed by atoms with Crippen LogP contribution in [0.15, 0.2) is 0 Å². The van der Waals surface area contributed by atoms with Gasteiger partial charge in [0.05, 0.1) is 6.54 Å². The van der Waals surface area contributed by atoms with Crippen molar-refractivity contribution < 1.29 is 9.59 Å². The maximum atomic E-state index is 11.6. The van der Waals surface area contributed by atoms with E-state index in [1.807, 2.05) is 18.7 Å². The maximum Gasteiger partial charge on any atom is 0.321 e. The van der Waals surface area contributed by atoms with Crippen LogP contribution in [0.5, 0.6) is 0 Å². The third-order valence-electron chi connectivity index (χ3n) is 2.74. The van der Waals surface area contributed by atoms with Crippen molar-refractivity contribution in [2.75, 3.05) is 32.7 Å². The summed E-state index contributed by atoms with van der Waals surface area (Å²) < 4.78 is 0. The van der Waals surface area contributed by atoms with E-state index in [0.717, 1.165) is 19.6 Å². The number of hydrogen-bond acceptors (Lipinski definition) is 4. The summed E-state index contributed by atoms with van der Waals surface area (Å²) in [4.78, 5) is 25.1. The van der Waals surface area contributed by atoms with Gasteiger partial charge in [0.25, 0.3) is 0 Å². The van der Waals surface area contributed by atoms with Gasteiger partial charge in [0, 0.05) is 32.2 Å². The van der Waals surface area contributed by atoms with Crippen molar-refractivity contribution in [3.8, 4) is 0 Å². The fraction of sp³-hybridized carbons (Fsp3) is 0.833. The number of piperazine rings is 1. The Balaban J connectivity index is 2.22. The molecule has 3 N–H and O–H groups in total. The summed E-state index contributed by atoms with van der Waals surface area (Å²) in [6.45, 7) is 9.50. The lowest BCUT2D eigenvalue weighted by Gasteiger charge is -2.31. The van der Waals surface area contributed by atoms with Gasteiger partial charge in [-0.25, -0.2) is 4.79 Å².